The first-order valence-corrected chi connectivity index (χ1v) is 8.31. The number of sulfonamides is 1. The van der Waals surface area contributed by atoms with Crippen LogP contribution in [0.15, 0.2) is 17.0 Å². The third-order valence-electron chi connectivity index (χ3n) is 3.90. The molecule has 0 bridgehead atoms. The van der Waals surface area contributed by atoms with Crippen LogP contribution in [-0.4, -0.2) is 54.0 Å². The molecule has 0 aliphatic carbocycles. The molecule has 1 fully saturated rings. The summed E-state index contributed by atoms with van der Waals surface area (Å²) >= 11 is 0. The Kier molecular flexibility index (Phi) is 4.49. The highest BCUT2D eigenvalue weighted by molar-refractivity contribution is 7.89. The van der Waals surface area contributed by atoms with E-state index in [-0.39, 0.29) is 29.0 Å². The lowest BCUT2D eigenvalue weighted by Gasteiger charge is -2.35. The summed E-state index contributed by atoms with van der Waals surface area (Å²) in [4.78, 5) is 10.9. The predicted molar refractivity (Wildman–Crippen MR) is 77.2 cm³/mol. The maximum absolute atomic E-state index is 13.6. The molecule has 1 aliphatic rings. The van der Waals surface area contributed by atoms with E-state index in [1.807, 2.05) is 0 Å². The third kappa shape index (κ3) is 3.22. The van der Waals surface area contributed by atoms with Crippen LogP contribution in [0.3, 0.4) is 0 Å². The smallest absolute Gasteiger partial charge is 0.335 e. The number of benzene rings is 1. The first-order chi connectivity index (χ1) is 10.5. The Morgan fingerprint density at radius 1 is 1.30 bits per heavy atom. The van der Waals surface area contributed by atoms with Gasteiger partial charge >= 0.3 is 5.97 Å². The van der Waals surface area contributed by atoms with Crippen molar-refractivity contribution in [2.24, 2.45) is 0 Å². The number of alkyl halides is 2. The topological polar surface area (TPSA) is 94.9 Å². The summed E-state index contributed by atoms with van der Waals surface area (Å²) in [6.07, 6.45) is -2.27. The lowest BCUT2D eigenvalue weighted by Crippen LogP contribution is -2.53. The fourth-order valence-corrected chi connectivity index (χ4v) is 4.28. The fourth-order valence-electron chi connectivity index (χ4n) is 2.58. The number of rotatable bonds is 3. The molecule has 1 heterocycles. The number of aliphatic hydroxyl groups excluding tert-OH is 1. The molecule has 1 unspecified atom stereocenters. The zero-order valence-corrected chi connectivity index (χ0v) is 13.4. The van der Waals surface area contributed by atoms with E-state index >= 15 is 0 Å². The fraction of sp³-hybridized carbons (Fsp3) is 0.500. The second kappa shape index (κ2) is 5.81. The summed E-state index contributed by atoms with van der Waals surface area (Å²) in [7, 11) is -4.28. The quantitative estimate of drug-likeness (QED) is 0.860. The molecule has 0 saturated carbocycles. The van der Waals surface area contributed by atoms with Crippen LogP contribution < -0.4 is 0 Å². The standard InChI is InChI=1S/C14H17F2NO5S/c1-8-5-9(2)11(6-10(8)13(19)20)23(21,22)17-4-3-12(18)14(15,16)7-17/h5-6,12,18H,3-4,7H2,1-2H3,(H,19,20). The van der Waals surface area contributed by atoms with Gasteiger partial charge in [-0.2, -0.15) is 4.31 Å². The van der Waals surface area contributed by atoms with Crippen molar-refractivity contribution < 1.29 is 32.2 Å². The number of hydrogen-bond donors (Lipinski definition) is 2. The summed E-state index contributed by atoms with van der Waals surface area (Å²) in [5, 5.41) is 18.4. The molecule has 1 saturated heterocycles. The maximum atomic E-state index is 13.6. The van der Waals surface area contributed by atoms with Crippen LogP contribution in [0.25, 0.3) is 0 Å². The first kappa shape index (κ1) is 17.8. The summed E-state index contributed by atoms with van der Waals surface area (Å²) in [5.41, 5.74) is 0.466. The Morgan fingerprint density at radius 3 is 2.43 bits per heavy atom. The van der Waals surface area contributed by atoms with Crippen LogP contribution in [0, 0.1) is 13.8 Å². The maximum Gasteiger partial charge on any atom is 0.335 e. The van der Waals surface area contributed by atoms with Gasteiger partial charge in [0, 0.05) is 6.54 Å². The Bertz CT molecular complexity index is 748. The molecule has 0 radical (unpaired) electrons. The molecule has 23 heavy (non-hydrogen) atoms. The van der Waals surface area contributed by atoms with Crippen LogP contribution in [0.5, 0.6) is 0 Å². The number of aliphatic hydroxyl groups is 1. The number of halogens is 2. The van der Waals surface area contributed by atoms with E-state index < -0.39 is 34.6 Å². The Hall–Kier alpha value is -1.58. The number of carbonyl (C=O) groups is 1. The van der Waals surface area contributed by atoms with Crippen molar-refractivity contribution in [2.75, 3.05) is 13.1 Å². The molecule has 128 valence electrons. The number of carboxylic acids is 1. The molecule has 6 nitrogen and oxygen atoms in total. The number of hydrogen-bond acceptors (Lipinski definition) is 4. The number of nitrogens with zero attached hydrogens (tertiary/aromatic N) is 1. The molecule has 0 aromatic heterocycles. The highest BCUT2D eigenvalue weighted by Crippen LogP contribution is 2.32. The zero-order valence-electron chi connectivity index (χ0n) is 12.6. The van der Waals surface area contributed by atoms with Crippen LogP contribution in [-0.2, 0) is 10.0 Å². The van der Waals surface area contributed by atoms with Gasteiger partial charge in [0.2, 0.25) is 10.0 Å². The van der Waals surface area contributed by atoms with Crippen molar-refractivity contribution in [3.63, 3.8) is 0 Å². The number of carboxylic acid groups (broad SMARTS) is 1. The zero-order chi connectivity index (χ0) is 17.6. The summed E-state index contributed by atoms with van der Waals surface area (Å²) in [5.74, 6) is -4.84. The van der Waals surface area contributed by atoms with E-state index in [0.717, 1.165) is 6.07 Å². The van der Waals surface area contributed by atoms with Gasteiger partial charge < -0.3 is 10.2 Å². The van der Waals surface area contributed by atoms with E-state index in [1.165, 1.54) is 19.9 Å². The Balaban J connectivity index is 2.48. The number of piperidine rings is 1. The Labute approximate surface area is 132 Å². The van der Waals surface area contributed by atoms with Crippen molar-refractivity contribution in [1.82, 2.24) is 4.31 Å². The first-order valence-electron chi connectivity index (χ1n) is 6.87. The van der Waals surface area contributed by atoms with Crippen molar-refractivity contribution >= 4 is 16.0 Å². The Morgan fingerprint density at radius 2 is 1.91 bits per heavy atom. The SMILES string of the molecule is Cc1cc(C)c(S(=O)(=O)N2CCC(O)C(F)(F)C2)cc1C(=O)O. The molecule has 1 atom stereocenters. The minimum Gasteiger partial charge on any atom is -0.478 e. The average Bonchev–Trinajstić information content (AvgIpc) is 2.40. The molecule has 2 rings (SSSR count). The highest BCUT2D eigenvalue weighted by Gasteiger charge is 2.47. The summed E-state index contributed by atoms with van der Waals surface area (Å²) < 4.78 is 53.0. The monoisotopic (exact) mass is 349 g/mol. The summed E-state index contributed by atoms with van der Waals surface area (Å²) in [6.45, 7) is 1.61. The van der Waals surface area contributed by atoms with Gasteiger partial charge in [0.1, 0.15) is 6.10 Å². The van der Waals surface area contributed by atoms with Gasteiger partial charge in [-0.3, -0.25) is 0 Å². The van der Waals surface area contributed by atoms with Crippen LogP contribution in [0.1, 0.15) is 27.9 Å². The van der Waals surface area contributed by atoms with Gasteiger partial charge in [-0.05, 0) is 37.5 Å². The lowest BCUT2D eigenvalue weighted by molar-refractivity contribution is -0.136. The van der Waals surface area contributed by atoms with Crippen molar-refractivity contribution in [3.05, 3.63) is 28.8 Å². The van der Waals surface area contributed by atoms with E-state index in [0.29, 0.717) is 9.87 Å². The third-order valence-corrected chi connectivity index (χ3v) is 5.88. The van der Waals surface area contributed by atoms with Gasteiger partial charge in [0.25, 0.3) is 5.92 Å². The molecule has 2 N–H and O–H groups in total. The van der Waals surface area contributed by atoms with Gasteiger partial charge in [-0.1, -0.05) is 6.07 Å². The molecular weight excluding hydrogens is 332 g/mol. The minimum absolute atomic E-state index is 0.196. The van der Waals surface area contributed by atoms with Crippen LogP contribution in [0.4, 0.5) is 8.78 Å². The van der Waals surface area contributed by atoms with Crippen molar-refractivity contribution in [3.8, 4) is 0 Å². The second-order valence-corrected chi connectivity index (χ2v) is 7.55. The lowest BCUT2D eigenvalue weighted by atomic mass is 10.1. The molecule has 1 aliphatic heterocycles. The van der Waals surface area contributed by atoms with Crippen molar-refractivity contribution in [1.29, 1.82) is 0 Å². The van der Waals surface area contributed by atoms with Crippen LogP contribution in [0.2, 0.25) is 0 Å². The number of aromatic carboxylic acids is 1. The molecule has 0 spiro atoms. The molecule has 9 heteroatoms. The summed E-state index contributed by atoms with van der Waals surface area (Å²) in [6, 6.07) is 2.39. The normalized spacial score (nSPS) is 22.0. The van der Waals surface area contributed by atoms with Gasteiger partial charge in [0.05, 0.1) is 17.0 Å². The predicted octanol–water partition coefficient (Wildman–Crippen LogP) is 1.39. The molecular formula is C14H17F2NO5S. The minimum atomic E-state index is -4.28. The van der Waals surface area contributed by atoms with E-state index in [4.69, 9.17) is 5.11 Å². The van der Waals surface area contributed by atoms with Crippen LogP contribution >= 0.6 is 0 Å². The molecule has 1 aromatic carbocycles. The van der Waals surface area contributed by atoms with E-state index in [9.17, 15) is 27.1 Å². The average molecular weight is 349 g/mol. The van der Waals surface area contributed by atoms with Gasteiger partial charge in [0.15, 0.2) is 0 Å². The molecule has 1 aromatic rings. The van der Waals surface area contributed by atoms with E-state index in [1.54, 1.807) is 0 Å². The van der Waals surface area contributed by atoms with Gasteiger partial charge in [-0.25, -0.2) is 22.0 Å². The van der Waals surface area contributed by atoms with Crippen molar-refractivity contribution in [2.45, 2.75) is 37.2 Å². The highest BCUT2D eigenvalue weighted by atomic mass is 32.2. The molecule has 0 amide bonds. The van der Waals surface area contributed by atoms with E-state index in [2.05, 4.69) is 0 Å². The largest absolute Gasteiger partial charge is 0.478 e. The number of aryl methyl sites for hydroxylation is 2. The van der Waals surface area contributed by atoms with Gasteiger partial charge in [-0.15, -0.1) is 0 Å². The second-order valence-electron chi connectivity index (χ2n) is 5.64.